The summed E-state index contributed by atoms with van der Waals surface area (Å²) in [6.07, 6.45) is 1.07. The van der Waals surface area contributed by atoms with Crippen molar-refractivity contribution in [2.75, 3.05) is 11.9 Å². The monoisotopic (exact) mass is 325 g/mol. The number of amides is 1. The summed E-state index contributed by atoms with van der Waals surface area (Å²) < 4.78 is 5.07. The van der Waals surface area contributed by atoms with Gasteiger partial charge in [0.25, 0.3) is 5.91 Å². The van der Waals surface area contributed by atoms with Crippen LogP contribution in [0.2, 0.25) is 0 Å². The van der Waals surface area contributed by atoms with Gasteiger partial charge in [-0.15, -0.1) is 0 Å². The van der Waals surface area contributed by atoms with E-state index in [4.69, 9.17) is 4.74 Å². The molecule has 0 spiro atoms. The van der Waals surface area contributed by atoms with Crippen molar-refractivity contribution in [3.05, 3.63) is 65.2 Å². The number of hydrogen-bond acceptors (Lipinski definition) is 3. The second-order valence-electron chi connectivity index (χ2n) is 5.87. The zero-order valence-electron chi connectivity index (χ0n) is 14.3. The highest BCUT2D eigenvalue weighted by Crippen LogP contribution is 2.20. The predicted molar refractivity (Wildman–Crippen MR) is 95.2 cm³/mol. The number of benzene rings is 2. The van der Waals surface area contributed by atoms with Crippen LogP contribution < -0.4 is 5.32 Å². The Labute approximate surface area is 142 Å². The minimum Gasteiger partial charge on any atom is -0.452 e. The van der Waals surface area contributed by atoms with Crippen molar-refractivity contribution in [2.24, 2.45) is 0 Å². The van der Waals surface area contributed by atoms with Crippen molar-refractivity contribution in [2.45, 2.75) is 33.1 Å². The average Bonchev–Trinajstić information content (AvgIpc) is 2.60. The van der Waals surface area contributed by atoms with Crippen LogP contribution in [0.5, 0.6) is 0 Å². The lowest BCUT2D eigenvalue weighted by Gasteiger charge is -2.11. The Balaban J connectivity index is 1.87. The number of ether oxygens (including phenoxy) is 1. The largest absolute Gasteiger partial charge is 0.452 e. The van der Waals surface area contributed by atoms with Crippen LogP contribution in [0.1, 0.15) is 47.7 Å². The molecule has 2 aromatic rings. The molecule has 1 amide bonds. The van der Waals surface area contributed by atoms with Crippen molar-refractivity contribution in [1.29, 1.82) is 0 Å². The van der Waals surface area contributed by atoms with Gasteiger partial charge in [0.05, 0.1) is 5.56 Å². The van der Waals surface area contributed by atoms with Gasteiger partial charge in [-0.1, -0.05) is 44.2 Å². The van der Waals surface area contributed by atoms with Crippen LogP contribution in [-0.2, 0) is 9.53 Å². The van der Waals surface area contributed by atoms with E-state index in [0.717, 1.165) is 12.0 Å². The fourth-order valence-electron chi connectivity index (χ4n) is 2.34. The average molecular weight is 325 g/mol. The van der Waals surface area contributed by atoms with E-state index in [1.54, 1.807) is 12.1 Å². The van der Waals surface area contributed by atoms with Crippen LogP contribution in [0.15, 0.2) is 48.5 Å². The molecule has 126 valence electrons. The van der Waals surface area contributed by atoms with E-state index in [9.17, 15) is 9.59 Å². The number of hydrogen-bond donors (Lipinski definition) is 1. The maximum Gasteiger partial charge on any atom is 0.338 e. The predicted octanol–water partition coefficient (Wildman–Crippen LogP) is 4.30. The first-order chi connectivity index (χ1) is 11.5. The summed E-state index contributed by atoms with van der Waals surface area (Å²) in [6.45, 7) is 5.83. The fraction of sp³-hybridized carbons (Fsp3) is 0.300. The third-order valence-electron chi connectivity index (χ3n) is 4.08. The van der Waals surface area contributed by atoms with Crippen molar-refractivity contribution < 1.29 is 14.3 Å². The molecule has 0 saturated carbocycles. The highest BCUT2D eigenvalue weighted by atomic mass is 16.5. The molecule has 0 bridgehead atoms. The zero-order valence-corrected chi connectivity index (χ0v) is 14.3. The summed E-state index contributed by atoms with van der Waals surface area (Å²) in [5.41, 5.74) is 3.23. The van der Waals surface area contributed by atoms with E-state index in [1.165, 1.54) is 5.56 Å². The van der Waals surface area contributed by atoms with Gasteiger partial charge in [-0.25, -0.2) is 4.79 Å². The van der Waals surface area contributed by atoms with Gasteiger partial charge in [-0.3, -0.25) is 4.79 Å². The molecular weight excluding hydrogens is 302 g/mol. The number of rotatable bonds is 6. The first-order valence-corrected chi connectivity index (χ1v) is 8.13. The van der Waals surface area contributed by atoms with Gasteiger partial charge in [0.15, 0.2) is 6.61 Å². The summed E-state index contributed by atoms with van der Waals surface area (Å²) in [4.78, 5) is 23.9. The molecule has 0 heterocycles. The Morgan fingerprint density at radius 2 is 1.75 bits per heavy atom. The van der Waals surface area contributed by atoms with E-state index in [0.29, 0.717) is 17.2 Å². The van der Waals surface area contributed by atoms with E-state index in [-0.39, 0.29) is 12.5 Å². The van der Waals surface area contributed by atoms with E-state index in [2.05, 4.69) is 19.2 Å². The standard InChI is InChI=1S/C20H23NO3/c1-4-14(2)16-9-11-17(12-10-16)21-19(22)13-24-20(23)18-8-6-5-7-15(18)3/h5-12,14H,4,13H2,1-3H3,(H,21,22)/t14-/m0/s1. The highest BCUT2D eigenvalue weighted by molar-refractivity contribution is 5.96. The Morgan fingerprint density at radius 3 is 2.38 bits per heavy atom. The molecule has 24 heavy (non-hydrogen) atoms. The molecule has 0 radical (unpaired) electrons. The first-order valence-electron chi connectivity index (χ1n) is 8.13. The molecule has 0 unspecified atom stereocenters. The fourth-order valence-corrected chi connectivity index (χ4v) is 2.34. The molecule has 0 aliphatic carbocycles. The summed E-state index contributed by atoms with van der Waals surface area (Å²) >= 11 is 0. The Bertz CT molecular complexity index is 707. The zero-order chi connectivity index (χ0) is 17.5. The second kappa shape index (κ2) is 8.29. The van der Waals surface area contributed by atoms with E-state index >= 15 is 0 Å². The SMILES string of the molecule is CC[C@H](C)c1ccc(NC(=O)COC(=O)c2ccccc2C)cc1. The molecular formula is C20H23NO3. The van der Waals surface area contributed by atoms with Crippen LogP contribution >= 0.6 is 0 Å². The lowest BCUT2D eigenvalue weighted by Crippen LogP contribution is -2.21. The van der Waals surface area contributed by atoms with Crippen molar-refractivity contribution in [1.82, 2.24) is 0 Å². The Hall–Kier alpha value is -2.62. The number of anilines is 1. The van der Waals surface area contributed by atoms with Crippen molar-refractivity contribution in [3.63, 3.8) is 0 Å². The molecule has 1 N–H and O–H groups in total. The molecule has 4 nitrogen and oxygen atoms in total. The molecule has 0 saturated heterocycles. The topological polar surface area (TPSA) is 55.4 Å². The summed E-state index contributed by atoms with van der Waals surface area (Å²) in [5, 5.41) is 2.73. The minimum atomic E-state index is -0.490. The Kier molecular flexibility index (Phi) is 6.13. The number of carbonyl (C=O) groups excluding carboxylic acids is 2. The smallest absolute Gasteiger partial charge is 0.338 e. The van der Waals surface area contributed by atoms with Crippen LogP contribution in [-0.4, -0.2) is 18.5 Å². The minimum absolute atomic E-state index is 0.305. The summed E-state index contributed by atoms with van der Waals surface area (Å²) in [5.74, 6) is -0.353. The van der Waals surface area contributed by atoms with Crippen molar-refractivity contribution in [3.8, 4) is 0 Å². The summed E-state index contributed by atoms with van der Waals surface area (Å²) in [6, 6.07) is 14.9. The van der Waals surface area contributed by atoms with Crippen LogP contribution in [0.25, 0.3) is 0 Å². The number of carbonyl (C=O) groups is 2. The number of esters is 1. The van der Waals surface area contributed by atoms with Gasteiger partial charge >= 0.3 is 5.97 Å². The number of aryl methyl sites for hydroxylation is 1. The molecule has 0 aromatic heterocycles. The van der Waals surface area contributed by atoms with Gasteiger partial charge in [0.2, 0.25) is 0 Å². The van der Waals surface area contributed by atoms with Gasteiger partial charge in [0.1, 0.15) is 0 Å². The molecule has 2 rings (SSSR count). The van der Waals surface area contributed by atoms with Crippen LogP contribution in [0.4, 0.5) is 5.69 Å². The maximum atomic E-state index is 12.0. The van der Waals surface area contributed by atoms with Gasteiger partial charge in [-0.05, 0) is 48.6 Å². The van der Waals surface area contributed by atoms with Crippen LogP contribution in [0.3, 0.4) is 0 Å². The number of nitrogens with one attached hydrogen (secondary N) is 1. The highest BCUT2D eigenvalue weighted by Gasteiger charge is 2.12. The third kappa shape index (κ3) is 4.69. The maximum absolute atomic E-state index is 12.0. The van der Waals surface area contributed by atoms with E-state index < -0.39 is 5.97 Å². The van der Waals surface area contributed by atoms with Gasteiger partial charge in [0, 0.05) is 5.69 Å². The molecule has 1 atom stereocenters. The lowest BCUT2D eigenvalue weighted by molar-refractivity contribution is -0.119. The van der Waals surface area contributed by atoms with Gasteiger partial charge < -0.3 is 10.1 Å². The molecule has 0 aliphatic rings. The molecule has 0 aliphatic heterocycles. The van der Waals surface area contributed by atoms with Crippen LogP contribution in [0, 0.1) is 6.92 Å². The summed E-state index contributed by atoms with van der Waals surface area (Å²) in [7, 11) is 0. The molecule has 4 heteroatoms. The van der Waals surface area contributed by atoms with Gasteiger partial charge in [-0.2, -0.15) is 0 Å². The lowest BCUT2D eigenvalue weighted by atomic mass is 9.99. The second-order valence-corrected chi connectivity index (χ2v) is 5.87. The van der Waals surface area contributed by atoms with E-state index in [1.807, 2.05) is 43.3 Å². The first kappa shape index (κ1) is 17.7. The Morgan fingerprint density at radius 1 is 1.08 bits per heavy atom. The molecule has 0 fully saturated rings. The quantitative estimate of drug-likeness (QED) is 0.805. The van der Waals surface area contributed by atoms with Crippen molar-refractivity contribution >= 4 is 17.6 Å². The normalized spacial score (nSPS) is 11.6. The molecule has 2 aromatic carbocycles. The third-order valence-corrected chi connectivity index (χ3v) is 4.08.